The average Bonchev–Trinajstić information content (AvgIpc) is 2.94. The molecule has 0 fully saturated rings. The first kappa shape index (κ1) is 21.9. The zero-order chi connectivity index (χ0) is 22.3. The summed E-state index contributed by atoms with van der Waals surface area (Å²) in [4.78, 5) is 11.4. The van der Waals surface area contributed by atoms with Crippen LogP contribution in [-0.2, 0) is 23.2 Å². The molecule has 0 radical (unpaired) electrons. The number of halogens is 2. The van der Waals surface area contributed by atoms with Crippen molar-refractivity contribution < 1.29 is 32.9 Å². The molecule has 0 spiro atoms. The molecule has 3 rings (SSSR count). The molecule has 0 amide bonds. The first-order valence-corrected chi connectivity index (χ1v) is 9.78. The summed E-state index contributed by atoms with van der Waals surface area (Å²) in [5.74, 6) is -2.40. The number of rotatable bonds is 7. The summed E-state index contributed by atoms with van der Waals surface area (Å²) in [6.45, 7) is 8.90. The van der Waals surface area contributed by atoms with Gasteiger partial charge in [-0.05, 0) is 64.4 Å². The number of fused-ring (bicyclic) bond motifs is 1. The molecular weight excluding hydrogens is 394 g/mol. The summed E-state index contributed by atoms with van der Waals surface area (Å²) in [5, 5.41) is 9.30. The van der Waals surface area contributed by atoms with Crippen LogP contribution < -0.4 is 14.2 Å². The highest BCUT2D eigenvalue weighted by molar-refractivity contribution is 5.80. The van der Waals surface area contributed by atoms with E-state index in [-0.39, 0.29) is 12.2 Å². The van der Waals surface area contributed by atoms with Crippen LogP contribution in [0.1, 0.15) is 51.3 Å². The summed E-state index contributed by atoms with van der Waals surface area (Å²) in [6.07, 6.45) is 0.679. The number of carboxylic acids is 1. The summed E-state index contributed by atoms with van der Waals surface area (Å²) >= 11 is 0. The number of carboxylic acid groups (broad SMARTS) is 1. The van der Waals surface area contributed by atoms with Gasteiger partial charge in [0, 0.05) is 17.5 Å². The van der Waals surface area contributed by atoms with E-state index < -0.39 is 34.4 Å². The lowest BCUT2D eigenvalue weighted by molar-refractivity contribution is -0.142. The molecule has 1 aliphatic rings. The first-order valence-electron chi connectivity index (χ1n) is 9.78. The standard InChI is InChI=1S/C23H26F2O5/c1-6-28-16-7-13-11-22(2,3)30-19(13)14(8-16)12-29-20-17(24)9-15(10-18(20)25)23(4,5)21(26)27/h7-10H,6,11-12H2,1-5H3,(H,26,27). The highest BCUT2D eigenvalue weighted by Gasteiger charge is 2.34. The van der Waals surface area contributed by atoms with Crippen molar-refractivity contribution in [2.24, 2.45) is 0 Å². The number of ether oxygens (including phenoxy) is 3. The van der Waals surface area contributed by atoms with Crippen molar-refractivity contribution in [3.63, 3.8) is 0 Å². The van der Waals surface area contributed by atoms with Crippen LogP contribution >= 0.6 is 0 Å². The molecule has 1 aliphatic heterocycles. The van der Waals surface area contributed by atoms with E-state index in [0.717, 1.165) is 17.7 Å². The van der Waals surface area contributed by atoms with Crippen molar-refractivity contribution in [2.45, 2.75) is 58.7 Å². The third kappa shape index (κ3) is 4.20. The van der Waals surface area contributed by atoms with Crippen molar-refractivity contribution >= 4 is 5.97 Å². The van der Waals surface area contributed by atoms with Gasteiger partial charge in [-0.2, -0.15) is 0 Å². The summed E-state index contributed by atoms with van der Waals surface area (Å²) in [5.41, 5.74) is -0.254. The second kappa shape index (κ2) is 7.78. The van der Waals surface area contributed by atoms with Crippen molar-refractivity contribution in [1.29, 1.82) is 0 Å². The molecule has 5 nitrogen and oxygen atoms in total. The Morgan fingerprint density at radius 3 is 2.37 bits per heavy atom. The van der Waals surface area contributed by atoms with Gasteiger partial charge in [0.2, 0.25) is 0 Å². The van der Waals surface area contributed by atoms with Crippen LogP contribution in [0.4, 0.5) is 8.78 Å². The van der Waals surface area contributed by atoms with E-state index in [0.29, 0.717) is 30.1 Å². The number of carbonyl (C=O) groups is 1. The second-order valence-corrected chi connectivity index (χ2v) is 8.53. The van der Waals surface area contributed by atoms with E-state index in [9.17, 15) is 18.7 Å². The Morgan fingerprint density at radius 1 is 1.17 bits per heavy atom. The highest BCUT2D eigenvalue weighted by atomic mass is 19.1. The van der Waals surface area contributed by atoms with Crippen LogP contribution in [-0.4, -0.2) is 23.3 Å². The van der Waals surface area contributed by atoms with E-state index in [1.165, 1.54) is 13.8 Å². The van der Waals surface area contributed by atoms with Crippen LogP contribution in [0.2, 0.25) is 0 Å². The maximum absolute atomic E-state index is 14.6. The van der Waals surface area contributed by atoms with Crippen molar-refractivity contribution in [3.05, 3.63) is 52.6 Å². The van der Waals surface area contributed by atoms with Gasteiger partial charge in [-0.25, -0.2) is 8.78 Å². The zero-order valence-corrected chi connectivity index (χ0v) is 17.8. The zero-order valence-electron chi connectivity index (χ0n) is 17.8. The van der Waals surface area contributed by atoms with Gasteiger partial charge in [-0.1, -0.05) is 0 Å². The molecule has 0 saturated heterocycles. The third-order valence-electron chi connectivity index (χ3n) is 5.15. The fourth-order valence-electron chi connectivity index (χ4n) is 3.45. The quantitative estimate of drug-likeness (QED) is 0.682. The van der Waals surface area contributed by atoms with E-state index in [1.54, 1.807) is 6.07 Å². The van der Waals surface area contributed by atoms with Gasteiger partial charge in [0.05, 0.1) is 12.0 Å². The fourth-order valence-corrected chi connectivity index (χ4v) is 3.45. The predicted molar refractivity (Wildman–Crippen MR) is 107 cm³/mol. The molecule has 7 heteroatoms. The Kier molecular flexibility index (Phi) is 5.67. The van der Waals surface area contributed by atoms with E-state index >= 15 is 0 Å². The van der Waals surface area contributed by atoms with Crippen LogP contribution in [0, 0.1) is 11.6 Å². The highest BCUT2D eigenvalue weighted by Crippen LogP contribution is 2.41. The minimum Gasteiger partial charge on any atom is -0.494 e. The molecule has 30 heavy (non-hydrogen) atoms. The molecule has 2 aromatic rings. The van der Waals surface area contributed by atoms with E-state index in [2.05, 4.69) is 0 Å². The lowest BCUT2D eigenvalue weighted by Gasteiger charge is -2.21. The number of hydrogen-bond donors (Lipinski definition) is 1. The van der Waals surface area contributed by atoms with Crippen molar-refractivity contribution in [3.8, 4) is 17.2 Å². The Morgan fingerprint density at radius 2 is 1.80 bits per heavy atom. The number of hydrogen-bond acceptors (Lipinski definition) is 4. The fraction of sp³-hybridized carbons (Fsp3) is 0.435. The lowest BCUT2D eigenvalue weighted by atomic mass is 9.84. The van der Waals surface area contributed by atoms with Crippen molar-refractivity contribution in [1.82, 2.24) is 0 Å². The molecule has 0 atom stereocenters. The van der Waals surface area contributed by atoms with Gasteiger partial charge in [0.15, 0.2) is 17.4 Å². The summed E-state index contributed by atoms with van der Waals surface area (Å²) in [7, 11) is 0. The summed E-state index contributed by atoms with van der Waals surface area (Å²) < 4.78 is 46.3. The van der Waals surface area contributed by atoms with Crippen molar-refractivity contribution in [2.75, 3.05) is 6.61 Å². The minimum absolute atomic E-state index is 0.0154. The maximum atomic E-state index is 14.6. The van der Waals surface area contributed by atoms with Crippen LogP contribution in [0.5, 0.6) is 17.2 Å². The number of benzene rings is 2. The largest absolute Gasteiger partial charge is 0.494 e. The average molecular weight is 420 g/mol. The minimum atomic E-state index is -1.44. The molecule has 1 heterocycles. The SMILES string of the molecule is CCOc1cc(COc2c(F)cc(C(C)(C)C(=O)O)cc2F)c2c(c1)CC(C)(C)O2. The lowest BCUT2D eigenvalue weighted by Crippen LogP contribution is -2.28. The third-order valence-corrected chi connectivity index (χ3v) is 5.15. The van der Waals surface area contributed by atoms with Gasteiger partial charge >= 0.3 is 5.97 Å². The normalized spacial score (nSPS) is 14.8. The van der Waals surface area contributed by atoms with Gasteiger partial charge in [0.25, 0.3) is 0 Å². The smallest absolute Gasteiger partial charge is 0.313 e. The Balaban J connectivity index is 1.90. The first-order chi connectivity index (χ1) is 13.9. The molecule has 0 aromatic heterocycles. The van der Waals surface area contributed by atoms with Crippen LogP contribution in [0.15, 0.2) is 24.3 Å². The molecular formula is C23H26F2O5. The molecule has 2 aromatic carbocycles. The topological polar surface area (TPSA) is 65.0 Å². The monoisotopic (exact) mass is 420 g/mol. The molecule has 0 aliphatic carbocycles. The molecule has 0 saturated carbocycles. The van der Waals surface area contributed by atoms with Gasteiger partial charge in [-0.15, -0.1) is 0 Å². The number of aliphatic carboxylic acids is 1. The molecule has 0 unspecified atom stereocenters. The molecule has 1 N–H and O–H groups in total. The Labute approximate surface area is 174 Å². The summed E-state index contributed by atoms with van der Waals surface area (Å²) in [6, 6.07) is 5.63. The Bertz CT molecular complexity index is 959. The van der Waals surface area contributed by atoms with E-state index in [4.69, 9.17) is 14.2 Å². The second-order valence-electron chi connectivity index (χ2n) is 8.53. The van der Waals surface area contributed by atoms with Gasteiger partial charge in [0.1, 0.15) is 23.7 Å². The van der Waals surface area contributed by atoms with E-state index in [1.807, 2.05) is 26.8 Å². The predicted octanol–water partition coefficient (Wildman–Crippen LogP) is 5.02. The molecule has 0 bridgehead atoms. The molecule has 162 valence electrons. The Hall–Kier alpha value is -2.83. The van der Waals surface area contributed by atoms with Crippen LogP contribution in [0.3, 0.4) is 0 Å². The maximum Gasteiger partial charge on any atom is 0.313 e. The van der Waals surface area contributed by atoms with Gasteiger partial charge in [-0.3, -0.25) is 4.79 Å². The van der Waals surface area contributed by atoms with Gasteiger partial charge < -0.3 is 19.3 Å². The van der Waals surface area contributed by atoms with Crippen LogP contribution in [0.25, 0.3) is 0 Å².